The number of carbonyl (C=O) groups is 2. The molecule has 1 saturated carbocycles. The highest BCUT2D eigenvalue weighted by Gasteiger charge is 2.44. The fraction of sp³-hybridized carbons (Fsp3) is 0.545. The van der Waals surface area contributed by atoms with Crippen molar-refractivity contribution in [3.05, 3.63) is 33.9 Å². The molecule has 2 atom stereocenters. The highest BCUT2D eigenvalue weighted by molar-refractivity contribution is 5.93. The maximum Gasteiger partial charge on any atom is 0.471 e. The quantitative estimate of drug-likeness (QED) is 0.446. The second-order valence-corrected chi connectivity index (χ2v) is 8.76. The Morgan fingerprint density at radius 2 is 1.94 bits per heavy atom. The molecule has 1 aliphatic carbocycles. The van der Waals surface area contributed by atoms with Crippen molar-refractivity contribution in [3.63, 3.8) is 0 Å². The van der Waals surface area contributed by atoms with E-state index in [0.717, 1.165) is 26.0 Å². The van der Waals surface area contributed by atoms with Crippen LogP contribution in [0.25, 0.3) is 11.0 Å². The molecule has 8 nitrogen and oxygen atoms in total. The van der Waals surface area contributed by atoms with Crippen molar-refractivity contribution in [2.24, 2.45) is 5.92 Å². The lowest BCUT2D eigenvalue weighted by Gasteiger charge is -2.23. The molecular weight excluding hydrogens is 479 g/mol. The first-order valence-electron chi connectivity index (χ1n) is 11.1. The number of pyridine rings is 2. The third-order valence-corrected chi connectivity index (χ3v) is 6.13. The summed E-state index contributed by atoms with van der Waals surface area (Å²) in [5.41, 5.74) is -0.879. The van der Waals surface area contributed by atoms with Crippen LogP contribution in [0.4, 0.5) is 27.8 Å². The first kappa shape index (κ1) is 24.9. The standard InChI is InChI=1S/C22H23F5N4O4/c1-3-35-20(33)14-9-31(12-4-5-12)18-13(17(14)32)6-15(23)19(28-18)30-8-11(16(24)10-30)7-29(2)21(34)22(25,26)27/h6,9,11-12,16H,3-5,7-8,10H2,1-2H3/t11-,16+/m0/s1. The zero-order chi connectivity index (χ0) is 25.7. The third kappa shape index (κ3) is 4.80. The van der Waals surface area contributed by atoms with Gasteiger partial charge in [-0.2, -0.15) is 13.2 Å². The fourth-order valence-corrected chi connectivity index (χ4v) is 4.27. The summed E-state index contributed by atoms with van der Waals surface area (Å²) in [5, 5.41) is -0.133. The number of esters is 1. The maximum absolute atomic E-state index is 15.1. The molecule has 2 aromatic heterocycles. The van der Waals surface area contributed by atoms with Crippen molar-refractivity contribution in [1.82, 2.24) is 14.5 Å². The minimum Gasteiger partial charge on any atom is -0.462 e. The number of carbonyl (C=O) groups excluding carboxylic acids is 2. The number of amides is 1. The van der Waals surface area contributed by atoms with Crippen molar-refractivity contribution < 1.29 is 36.3 Å². The number of alkyl halides is 4. The average Bonchev–Trinajstić information content (AvgIpc) is 3.56. The molecule has 3 heterocycles. The van der Waals surface area contributed by atoms with Crippen LogP contribution in [0.5, 0.6) is 0 Å². The van der Waals surface area contributed by atoms with Gasteiger partial charge in [0, 0.05) is 38.3 Å². The van der Waals surface area contributed by atoms with Gasteiger partial charge in [0.1, 0.15) is 17.4 Å². The topological polar surface area (TPSA) is 84.7 Å². The lowest BCUT2D eigenvalue weighted by atomic mass is 10.1. The minimum absolute atomic E-state index is 0.0512. The molecule has 0 unspecified atom stereocenters. The lowest BCUT2D eigenvalue weighted by Crippen LogP contribution is -2.42. The molecular formula is C22H23F5N4O4. The Labute approximate surface area is 196 Å². The van der Waals surface area contributed by atoms with Gasteiger partial charge in [0.2, 0.25) is 5.43 Å². The van der Waals surface area contributed by atoms with Gasteiger partial charge in [0.15, 0.2) is 11.6 Å². The zero-order valence-corrected chi connectivity index (χ0v) is 18.9. The Morgan fingerprint density at radius 3 is 2.54 bits per heavy atom. The Balaban J connectivity index is 1.67. The summed E-state index contributed by atoms with van der Waals surface area (Å²) in [4.78, 5) is 42.4. The number of rotatable bonds is 6. The van der Waals surface area contributed by atoms with Crippen LogP contribution >= 0.6 is 0 Å². The van der Waals surface area contributed by atoms with Crippen LogP contribution < -0.4 is 10.3 Å². The van der Waals surface area contributed by atoms with E-state index in [0.29, 0.717) is 4.90 Å². The van der Waals surface area contributed by atoms with Crippen molar-refractivity contribution in [2.45, 2.75) is 38.2 Å². The number of hydrogen-bond donors (Lipinski definition) is 0. The smallest absolute Gasteiger partial charge is 0.462 e. The van der Waals surface area contributed by atoms with Crippen molar-refractivity contribution in [3.8, 4) is 0 Å². The Hall–Kier alpha value is -3.25. The van der Waals surface area contributed by atoms with Gasteiger partial charge in [-0.3, -0.25) is 9.59 Å². The monoisotopic (exact) mass is 502 g/mol. The van der Waals surface area contributed by atoms with E-state index in [1.54, 1.807) is 11.5 Å². The van der Waals surface area contributed by atoms with Gasteiger partial charge in [-0.1, -0.05) is 0 Å². The van der Waals surface area contributed by atoms with E-state index >= 15 is 4.39 Å². The molecule has 0 spiro atoms. The minimum atomic E-state index is -5.08. The van der Waals surface area contributed by atoms with Gasteiger partial charge in [0.05, 0.1) is 18.5 Å². The number of nitrogens with zero attached hydrogens (tertiary/aromatic N) is 4. The Kier molecular flexibility index (Phi) is 6.45. The highest BCUT2D eigenvalue weighted by Crippen LogP contribution is 2.37. The molecule has 1 amide bonds. The number of hydrogen-bond acceptors (Lipinski definition) is 6. The summed E-state index contributed by atoms with van der Waals surface area (Å²) in [7, 11) is 0.926. The molecule has 0 N–H and O–H groups in total. The predicted octanol–water partition coefficient (Wildman–Crippen LogP) is 2.84. The maximum atomic E-state index is 15.1. The number of ether oxygens (including phenoxy) is 1. The summed E-state index contributed by atoms with van der Waals surface area (Å²) < 4.78 is 74.3. The molecule has 13 heteroatoms. The summed E-state index contributed by atoms with van der Waals surface area (Å²) in [6.07, 6.45) is -3.87. The van der Waals surface area contributed by atoms with Gasteiger partial charge < -0.3 is 19.1 Å². The second kappa shape index (κ2) is 9.08. The molecule has 35 heavy (non-hydrogen) atoms. The van der Waals surface area contributed by atoms with Crippen LogP contribution in [0.1, 0.15) is 36.2 Å². The SMILES string of the molecule is CCOC(=O)c1cn(C2CC2)c2nc(N3C[C@H](CN(C)C(=O)C(F)(F)F)[C@H](F)C3)c(F)cc2c1=O. The van der Waals surface area contributed by atoms with E-state index in [-0.39, 0.29) is 48.2 Å². The molecule has 0 radical (unpaired) electrons. The Morgan fingerprint density at radius 1 is 1.26 bits per heavy atom. The van der Waals surface area contributed by atoms with E-state index in [4.69, 9.17) is 4.74 Å². The first-order valence-corrected chi connectivity index (χ1v) is 11.1. The van der Waals surface area contributed by atoms with Crippen LogP contribution in [0, 0.1) is 11.7 Å². The second-order valence-electron chi connectivity index (χ2n) is 8.76. The predicted molar refractivity (Wildman–Crippen MR) is 114 cm³/mol. The van der Waals surface area contributed by atoms with E-state index < -0.39 is 47.9 Å². The molecule has 2 aliphatic rings. The highest BCUT2D eigenvalue weighted by atomic mass is 19.4. The van der Waals surface area contributed by atoms with Crippen LogP contribution in [-0.2, 0) is 9.53 Å². The molecule has 1 aliphatic heterocycles. The fourth-order valence-electron chi connectivity index (χ4n) is 4.27. The van der Waals surface area contributed by atoms with Crippen LogP contribution in [0.15, 0.2) is 17.1 Å². The molecule has 190 valence electrons. The summed E-state index contributed by atoms with van der Waals surface area (Å²) >= 11 is 0. The number of fused-ring (bicyclic) bond motifs is 1. The molecule has 2 aromatic rings. The third-order valence-electron chi connectivity index (χ3n) is 6.13. The van der Waals surface area contributed by atoms with Crippen LogP contribution in [-0.4, -0.2) is 72.0 Å². The number of anilines is 1. The van der Waals surface area contributed by atoms with Crippen molar-refractivity contribution >= 4 is 28.7 Å². The van der Waals surface area contributed by atoms with Crippen molar-refractivity contribution in [1.29, 1.82) is 0 Å². The number of halogens is 5. The van der Waals surface area contributed by atoms with Crippen LogP contribution in [0.2, 0.25) is 0 Å². The van der Waals surface area contributed by atoms with Gasteiger partial charge in [0.25, 0.3) is 0 Å². The van der Waals surface area contributed by atoms with E-state index in [1.807, 2.05) is 0 Å². The largest absolute Gasteiger partial charge is 0.471 e. The molecule has 0 bridgehead atoms. The Bertz CT molecular complexity index is 1230. The molecule has 1 saturated heterocycles. The first-order chi connectivity index (χ1) is 16.4. The molecule has 2 fully saturated rings. The van der Waals surface area contributed by atoms with E-state index in [1.165, 1.54) is 11.1 Å². The lowest BCUT2D eigenvalue weighted by molar-refractivity contribution is -0.184. The van der Waals surface area contributed by atoms with Crippen LogP contribution in [0.3, 0.4) is 0 Å². The van der Waals surface area contributed by atoms with Crippen molar-refractivity contribution in [2.75, 3.05) is 38.2 Å². The van der Waals surface area contributed by atoms with Gasteiger partial charge in [-0.15, -0.1) is 0 Å². The average molecular weight is 502 g/mol. The molecule has 0 aromatic carbocycles. The summed E-state index contributed by atoms with van der Waals surface area (Å²) in [6, 6.07) is 0.876. The van der Waals surface area contributed by atoms with Gasteiger partial charge in [-0.25, -0.2) is 18.6 Å². The zero-order valence-electron chi connectivity index (χ0n) is 18.9. The number of aromatic nitrogens is 2. The van der Waals surface area contributed by atoms with E-state index in [2.05, 4.69) is 4.98 Å². The van der Waals surface area contributed by atoms with E-state index in [9.17, 15) is 31.9 Å². The van der Waals surface area contributed by atoms with Gasteiger partial charge in [-0.05, 0) is 25.8 Å². The van der Waals surface area contributed by atoms with Gasteiger partial charge >= 0.3 is 18.1 Å². The molecule has 4 rings (SSSR count). The summed E-state index contributed by atoms with van der Waals surface area (Å²) in [5.74, 6) is -5.13. The normalized spacial score (nSPS) is 20.4. The summed E-state index contributed by atoms with van der Waals surface area (Å²) in [6.45, 7) is 0.601.